The molecule has 6 N–H and O–H groups in total. The zero-order valence-corrected chi connectivity index (χ0v) is 21.9. The number of aliphatic hydroxyl groups excluding tert-OH is 3. The van der Waals surface area contributed by atoms with Crippen molar-refractivity contribution in [3.8, 4) is 28.7 Å². The molecule has 6 atom stereocenters. The van der Waals surface area contributed by atoms with E-state index in [-0.39, 0.29) is 40.8 Å². The molecule has 0 saturated carbocycles. The van der Waals surface area contributed by atoms with Gasteiger partial charge in [-0.15, -0.1) is 0 Å². The van der Waals surface area contributed by atoms with E-state index in [1.54, 1.807) is 24.3 Å². The quantitative estimate of drug-likeness (QED) is 0.176. The molecule has 0 unspecified atom stereocenters. The van der Waals surface area contributed by atoms with Crippen molar-refractivity contribution in [3.63, 3.8) is 0 Å². The topological polar surface area (TPSA) is 192 Å². The zero-order chi connectivity index (χ0) is 30.0. The number of ether oxygens (including phenoxy) is 4. The van der Waals surface area contributed by atoms with Crippen molar-refractivity contribution in [1.29, 1.82) is 0 Å². The summed E-state index contributed by atoms with van der Waals surface area (Å²) in [5.74, 6) is -1.55. The van der Waals surface area contributed by atoms with Crippen molar-refractivity contribution < 1.29 is 59.2 Å². The van der Waals surface area contributed by atoms with Gasteiger partial charge in [-0.1, -0.05) is 24.3 Å². The smallest absolute Gasteiger partial charge is 0.330 e. The predicted molar refractivity (Wildman–Crippen MR) is 144 cm³/mol. The molecule has 0 aliphatic carbocycles. The number of hydrogen-bond acceptors (Lipinski definition) is 12. The van der Waals surface area contributed by atoms with Crippen LogP contribution in [-0.2, 0) is 14.3 Å². The first-order valence-electron chi connectivity index (χ1n) is 12.9. The molecule has 0 amide bonds. The van der Waals surface area contributed by atoms with Gasteiger partial charge >= 0.3 is 5.97 Å². The molecule has 5 rings (SSSR count). The van der Waals surface area contributed by atoms with Crippen molar-refractivity contribution in [2.75, 3.05) is 6.61 Å². The molecule has 3 aromatic carbocycles. The molecular weight excluding hydrogens is 552 g/mol. The summed E-state index contributed by atoms with van der Waals surface area (Å²) in [6, 6.07) is 14.6. The van der Waals surface area contributed by atoms with Crippen LogP contribution in [0, 0.1) is 0 Å². The molecule has 12 heteroatoms. The first-order chi connectivity index (χ1) is 20.1. The first kappa shape index (κ1) is 28.9. The summed E-state index contributed by atoms with van der Waals surface area (Å²) in [5, 5.41) is 60.7. The molecule has 0 radical (unpaired) electrons. The number of fused-ring (bicyclic) bond motifs is 1. The number of carbonyl (C=O) groups is 2. The molecule has 0 bridgehead atoms. The molecular formula is C30H28O12. The van der Waals surface area contributed by atoms with Crippen LogP contribution < -0.4 is 9.47 Å². The standard InChI is InChI=1S/C30H28O12/c31-17-6-1-15(2-7-17)3-10-25(35)39-14-24-27(36)28(37)29(38)30(42-24)40-19-11-20(33)26-21(34)13-22(41-23(26)12-19)16-4-8-18(32)9-5-16/h1-12,22,24,27-33,36-38H,13-14H2/b10-3+/t22-,24+,27+,28-,29+,30-/m1/s1. The van der Waals surface area contributed by atoms with E-state index >= 15 is 0 Å². The summed E-state index contributed by atoms with van der Waals surface area (Å²) >= 11 is 0. The van der Waals surface area contributed by atoms with Gasteiger partial charge in [0.05, 0.1) is 6.42 Å². The average Bonchev–Trinajstić information content (AvgIpc) is 2.96. The summed E-state index contributed by atoms with van der Waals surface area (Å²) in [4.78, 5) is 25.0. The summed E-state index contributed by atoms with van der Waals surface area (Å²) in [6.45, 7) is -0.495. The van der Waals surface area contributed by atoms with Crippen molar-refractivity contribution in [1.82, 2.24) is 0 Å². The second-order valence-electron chi connectivity index (χ2n) is 9.83. The Balaban J connectivity index is 1.26. The van der Waals surface area contributed by atoms with Crippen molar-refractivity contribution in [3.05, 3.63) is 83.4 Å². The van der Waals surface area contributed by atoms with E-state index < -0.39 is 55.1 Å². The number of esters is 1. The lowest BCUT2D eigenvalue weighted by Crippen LogP contribution is -2.60. The number of benzene rings is 3. The lowest BCUT2D eigenvalue weighted by molar-refractivity contribution is -0.278. The van der Waals surface area contributed by atoms with Gasteiger partial charge < -0.3 is 49.6 Å². The van der Waals surface area contributed by atoms with Crippen LogP contribution in [0.3, 0.4) is 0 Å². The minimum Gasteiger partial charge on any atom is -0.508 e. The lowest BCUT2D eigenvalue weighted by Gasteiger charge is -2.40. The Morgan fingerprint density at radius 2 is 1.57 bits per heavy atom. The SMILES string of the molecule is O=C(/C=C/c1ccc(O)cc1)OC[C@@H]1O[C@@H](Oc2cc(O)c3c(c2)O[C@@H](c2ccc(O)cc2)CC3=O)[C@@H](O)[C@H](O)[C@H]1O. The fourth-order valence-corrected chi connectivity index (χ4v) is 4.61. The number of aliphatic hydroxyl groups is 3. The maximum Gasteiger partial charge on any atom is 0.330 e. The number of Topliss-reactive ketones (excluding diaryl/α,β-unsaturated/α-hetero) is 1. The second kappa shape index (κ2) is 12.1. The van der Waals surface area contributed by atoms with Crippen LogP contribution in [0.15, 0.2) is 66.7 Å². The second-order valence-corrected chi connectivity index (χ2v) is 9.83. The van der Waals surface area contributed by atoms with E-state index in [0.717, 1.165) is 12.1 Å². The normalized spacial score (nSPS) is 25.5. The Morgan fingerprint density at radius 1 is 0.905 bits per heavy atom. The van der Waals surface area contributed by atoms with Gasteiger partial charge in [0, 0.05) is 18.2 Å². The third kappa shape index (κ3) is 6.31. The Kier molecular flexibility index (Phi) is 8.31. The molecule has 42 heavy (non-hydrogen) atoms. The highest BCUT2D eigenvalue weighted by atomic mass is 16.7. The summed E-state index contributed by atoms with van der Waals surface area (Å²) in [7, 11) is 0. The number of hydrogen-bond donors (Lipinski definition) is 6. The summed E-state index contributed by atoms with van der Waals surface area (Å²) < 4.78 is 22.3. The number of rotatable bonds is 7. The van der Waals surface area contributed by atoms with Crippen molar-refractivity contribution in [2.45, 2.75) is 43.2 Å². The number of phenolic OH excluding ortho intramolecular Hbond substituents is 3. The third-order valence-corrected chi connectivity index (χ3v) is 6.85. The van der Waals surface area contributed by atoms with Crippen LogP contribution in [0.2, 0.25) is 0 Å². The van der Waals surface area contributed by atoms with Crippen molar-refractivity contribution in [2.24, 2.45) is 0 Å². The number of carbonyl (C=O) groups excluding carboxylic acids is 2. The van der Waals surface area contributed by atoms with Crippen LogP contribution in [0.25, 0.3) is 6.08 Å². The fourth-order valence-electron chi connectivity index (χ4n) is 4.61. The first-order valence-corrected chi connectivity index (χ1v) is 12.9. The number of phenols is 3. The van der Waals surface area contributed by atoms with E-state index in [1.807, 2.05) is 0 Å². The molecule has 1 saturated heterocycles. The van der Waals surface area contributed by atoms with E-state index in [2.05, 4.69) is 0 Å². The van der Waals surface area contributed by atoms with E-state index in [0.29, 0.717) is 11.1 Å². The Morgan fingerprint density at radius 3 is 2.26 bits per heavy atom. The molecule has 2 heterocycles. The molecule has 220 valence electrons. The van der Waals surface area contributed by atoms with Gasteiger partial charge in [0.15, 0.2) is 5.78 Å². The highest BCUT2D eigenvalue weighted by molar-refractivity contribution is 6.02. The Labute approximate surface area is 239 Å². The van der Waals surface area contributed by atoms with Crippen LogP contribution >= 0.6 is 0 Å². The average molecular weight is 581 g/mol. The highest BCUT2D eigenvalue weighted by Gasteiger charge is 2.45. The van der Waals surface area contributed by atoms with Gasteiger partial charge in [0.25, 0.3) is 0 Å². The van der Waals surface area contributed by atoms with Gasteiger partial charge in [-0.25, -0.2) is 4.79 Å². The van der Waals surface area contributed by atoms with Crippen LogP contribution in [0.5, 0.6) is 28.7 Å². The van der Waals surface area contributed by atoms with E-state index in [9.17, 15) is 40.2 Å². The molecule has 2 aliphatic heterocycles. The minimum absolute atomic E-state index is 0.0103. The molecule has 12 nitrogen and oxygen atoms in total. The van der Waals surface area contributed by atoms with Gasteiger partial charge in [-0.2, -0.15) is 0 Å². The van der Waals surface area contributed by atoms with Crippen LogP contribution in [0.4, 0.5) is 0 Å². The highest BCUT2D eigenvalue weighted by Crippen LogP contribution is 2.42. The van der Waals surface area contributed by atoms with Gasteiger partial charge in [0.1, 0.15) is 71.4 Å². The number of aromatic hydroxyl groups is 3. The summed E-state index contributed by atoms with van der Waals surface area (Å²) in [5.41, 5.74) is 1.19. The molecule has 0 aromatic heterocycles. The molecule has 3 aromatic rings. The Hall–Kier alpha value is -4.62. The minimum atomic E-state index is -1.73. The molecule has 2 aliphatic rings. The lowest BCUT2D eigenvalue weighted by atomic mass is 9.95. The third-order valence-electron chi connectivity index (χ3n) is 6.85. The van der Waals surface area contributed by atoms with Gasteiger partial charge in [-0.3, -0.25) is 4.79 Å². The Bertz CT molecular complexity index is 1470. The van der Waals surface area contributed by atoms with E-state index in [4.69, 9.17) is 18.9 Å². The zero-order valence-electron chi connectivity index (χ0n) is 21.9. The fraction of sp³-hybridized carbons (Fsp3) is 0.267. The molecule has 0 spiro atoms. The number of ketones is 1. The maximum atomic E-state index is 12.8. The van der Waals surface area contributed by atoms with Crippen LogP contribution in [-0.4, -0.2) is 79.7 Å². The van der Waals surface area contributed by atoms with E-state index in [1.165, 1.54) is 36.4 Å². The van der Waals surface area contributed by atoms with Crippen LogP contribution in [0.1, 0.15) is 34.0 Å². The van der Waals surface area contributed by atoms with Crippen molar-refractivity contribution >= 4 is 17.8 Å². The largest absolute Gasteiger partial charge is 0.508 e. The van der Waals surface area contributed by atoms with Gasteiger partial charge in [0.2, 0.25) is 6.29 Å². The van der Waals surface area contributed by atoms with Gasteiger partial charge in [-0.05, 0) is 41.5 Å². The summed E-state index contributed by atoms with van der Waals surface area (Å²) in [6.07, 6.45) is -6.12. The monoisotopic (exact) mass is 580 g/mol. The molecule has 1 fully saturated rings. The predicted octanol–water partition coefficient (Wildman–Crippen LogP) is 1.95. The maximum absolute atomic E-state index is 12.8.